The fraction of sp³-hybridized carbons (Fsp3) is 0.368. The maximum atomic E-state index is 12.4. The van der Waals surface area contributed by atoms with Gasteiger partial charge in [-0.25, -0.2) is 13.1 Å². The molecule has 9 heteroatoms. The van der Waals surface area contributed by atoms with Crippen LogP contribution in [0, 0.1) is 0 Å². The molecule has 2 heterocycles. The van der Waals surface area contributed by atoms with Crippen LogP contribution in [0.25, 0.3) is 0 Å². The third-order valence-electron chi connectivity index (χ3n) is 4.61. The number of amides is 1. The highest BCUT2D eigenvalue weighted by Gasteiger charge is 2.22. The van der Waals surface area contributed by atoms with Crippen LogP contribution in [0.4, 0.5) is 0 Å². The first-order valence-corrected chi connectivity index (χ1v) is 10.9. The van der Waals surface area contributed by atoms with Gasteiger partial charge in [0.25, 0.3) is 0 Å². The van der Waals surface area contributed by atoms with Gasteiger partial charge in [-0.1, -0.05) is 29.8 Å². The van der Waals surface area contributed by atoms with Crippen LogP contribution >= 0.6 is 11.6 Å². The van der Waals surface area contributed by atoms with Gasteiger partial charge in [0.05, 0.1) is 5.02 Å². The van der Waals surface area contributed by atoms with Crippen LogP contribution in [0.3, 0.4) is 0 Å². The Hall–Kier alpha value is -2.00. The predicted octanol–water partition coefficient (Wildman–Crippen LogP) is 1.75. The fourth-order valence-corrected chi connectivity index (χ4v) is 4.65. The minimum Gasteiger partial charge on any atom is -0.340 e. The molecule has 0 aliphatic carbocycles. The Labute approximate surface area is 170 Å². The molecule has 0 spiro atoms. The number of sulfonamides is 1. The van der Waals surface area contributed by atoms with Crippen molar-refractivity contribution in [3.05, 3.63) is 59.4 Å². The van der Waals surface area contributed by atoms with E-state index >= 15 is 0 Å². The summed E-state index contributed by atoms with van der Waals surface area (Å²) in [6.45, 7) is 3.69. The second-order valence-corrected chi connectivity index (χ2v) is 8.74. The number of aromatic nitrogens is 1. The van der Waals surface area contributed by atoms with Gasteiger partial charge in [-0.05, 0) is 23.8 Å². The van der Waals surface area contributed by atoms with E-state index in [0.717, 1.165) is 25.2 Å². The van der Waals surface area contributed by atoms with E-state index in [1.807, 2.05) is 18.3 Å². The highest BCUT2D eigenvalue weighted by molar-refractivity contribution is 7.89. The van der Waals surface area contributed by atoms with Gasteiger partial charge in [-0.3, -0.25) is 14.7 Å². The van der Waals surface area contributed by atoms with Gasteiger partial charge in [-0.2, -0.15) is 0 Å². The van der Waals surface area contributed by atoms with E-state index in [4.69, 9.17) is 11.6 Å². The van der Waals surface area contributed by atoms with Gasteiger partial charge in [0, 0.05) is 58.1 Å². The van der Waals surface area contributed by atoms with Gasteiger partial charge in [0.1, 0.15) is 4.90 Å². The highest BCUT2D eigenvalue weighted by atomic mass is 35.5. The number of halogens is 1. The van der Waals surface area contributed by atoms with E-state index in [1.54, 1.807) is 23.2 Å². The lowest BCUT2D eigenvalue weighted by Gasteiger charge is -2.34. The van der Waals surface area contributed by atoms with Crippen molar-refractivity contribution in [2.24, 2.45) is 0 Å². The van der Waals surface area contributed by atoms with E-state index in [-0.39, 0.29) is 28.8 Å². The number of benzene rings is 1. The molecule has 1 amide bonds. The van der Waals surface area contributed by atoms with Crippen LogP contribution in [-0.4, -0.2) is 61.8 Å². The van der Waals surface area contributed by atoms with Crippen LogP contribution in [0.1, 0.15) is 12.0 Å². The minimum atomic E-state index is -3.73. The second kappa shape index (κ2) is 9.47. The molecule has 0 saturated carbocycles. The average Bonchev–Trinajstić information content (AvgIpc) is 2.69. The molecule has 0 atom stereocenters. The van der Waals surface area contributed by atoms with Crippen LogP contribution in [0.2, 0.25) is 5.02 Å². The summed E-state index contributed by atoms with van der Waals surface area (Å²) in [5, 5.41) is 0.158. The first-order chi connectivity index (χ1) is 13.5. The molecule has 150 valence electrons. The molecule has 28 heavy (non-hydrogen) atoms. The Morgan fingerprint density at radius 3 is 2.54 bits per heavy atom. The molecule has 7 nitrogen and oxygen atoms in total. The Morgan fingerprint density at radius 2 is 1.86 bits per heavy atom. The molecule has 1 N–H and O–H groups in total. The molecular formula is C19H23ClN4O3S. The van der Waals surface area contributed by atoms with E-state index in [2.05, 4.69) is 14.6 Å². The van der Waals surface area contributed by atoms with E-state index in [1.165, 1.54) is 12.1 Å². The zero-order chi connectivity index (χ0) is 20.0. The van der Waals surface area contributed by atoms with E-state index < -0.39 is 10.0 Å². The first kappa shape index (κ1) is 20.7. The third-order valence-corrected chi connectivity index (χ3v) is 6.57. The summed E-state index contributed by atoms with van der Waals surface area (Å²) in [5.74, 6) is -0.0529. The largest absolute Gasteiger partial charge is 0.340 e. The topological polar surface area (TPSA) is 82.6 Å². The summed E-state index contributed by atoms with van der Waals surface area (Å²) in [7, 11) is -3.73. The van der Waals surface area contributed by atoms with E-state index in [0.29, 0.717) is 13.1 Å². The van der Waals surface area contributed by atoms with Gasteiger partial charge in [-0.15, -0.1) is 0 Å². The molecule has 1 fully saturated rings. The number of carbonyl (C=O) groups is 1. The molecule has 1 aliphatic heterocycles. The second-order valence-electron chi connectivity index (χ2n) is 6.60. The normalized spacial score (nSPS) is 15.5. The summed E-state index contributed by atoms with van der Waals surface area (Å²) in [6, 6.07) is 10.2. The zero-order valence-electron chi connectivity index (χ0n) is 15.4. The minimum absolute atomic E-state index is 0.0214. The number of carbonyl (C=O) groups excluding carboxylic acids is 1. The van der Waals surface area contributed by atoms with Gasteiger partial charge in [0.2, 0.25) is 15.9 Å². The summed E-state index contributed by atoms with van der Waals surface area (Å²) in [6.07, 6.45) is 3.72. The summed E-state index contributed by atoms with van der Waals surface area (Å²) >= 11 is 5.94. The SMILES string of the molecule is O=C(CCNS(=O)(=O)c1ccccc1Cl)N1CCN(Cc2cccnc2)CC1. The van der Waals surface area contributed by atoms with Crippen LogP contribution in [-0.2, 0) is 21.4 Å². The number of piperazine rings is 1. The smallest absolute Gasteiger partial charge is 0.242 e. The monoisotopic (exact) mass is 422 g/mol. The van der Waals surface area contributed by atoms with Crippen LogP contribution < -0.4 is 4.72 Å². The molecule has 3 rings (SSSR count). The molecule has 1 saturated heterocycles. The number of nitrogens with one attached hydrogen (secondary N) is 1. The molecule has 1 aromatic carbocycles. The lowest BCUT2D eigenvalue weighted by molar-refractivity contribution is -0.132. The van der Waals surface area contributed by atoms with Gasteiger partial charge in [0.15, 0.2) is 0 Å². The van der Waals surface area contributed by atoms with Crippen molar-refractivity contribution in [2.45, 2.75) is 17.9 Å². The molecule has 2 aromatic rings. The summed E-state index contributed by atoms with van der Waals surface area (Å²) < 4.78 is 27.0. The zero-order valence-corrected chi connectivity index (χ0v) is 17.0. The summed E-state index contributed by atoms with van der Waals surface area (Å²) in [4.78, 5) is 20.6. The highest BCUT2D eigenvalue weighted by Crippen LogP contribution is 2.20. The summed E-state index contributed by atoms with van der Waals surface area (Å²) in [5.41, 5.74) is 1.15. The average molecular weight is 423 g/mol. The van der Waals surface area contributed by atoms with Crippen LogP contribution in [0.15, 0.2) is 53.7 Å². The Kier molecular flexibility index (Phi) is 7.01. The third kappa shape index (κ3) is 5.51. The molecule has 0 bridgehead atoms. The predicted molar refractivity (Wildman–Crippen MR) is 107 cm³/mol. The number of nitrogens with zero attached hydrogens (tertiary/aromatic N) is 3. The Morgan fingerprint density at radius 1 is 1.11 bits per heavy atom. The molecular weight excluding hydrogens is 400 g/mol. The number of pyridine rings is 1. The fourth-order valence-electron chi connectivity index (χ4n) is 3.10. The maximum Gasteiger partial charge on any atom is 0.242 e. The lowest BCUT2D eigenvalue weighted by atomic mass is 10.2. The van der Waals surface area contributed by atoms with E-state index in [9.17, 15) is 13.2 Å². The number of hydrogen-bond donors (Lipinski definition) is 1. The maximum absolute atomic E-state index is 12.4. The van der Waals surface area contributed by atoms with Crippen molar-refractivity contribution in [3.8, 4) is 0 Å². The van der Waals surface area contributed by atoms with Crippen molar-refractivity contribution in [1.82, 2.24) is 19.5 Å². The standard InChI is InChI=1S/C19H23ClN4O3S/c20-17-5-1-2-6-18(17)28(26,27)22-9-7-19(25)24-12-10-23(11-13-24)15-16-4-3-8-21-14-16/h1-6,8,14,22H,7,9-13,15H2. The lowest BCUT2D eigenvalue weighted by Crippen LogP contribution is -2.48. The molecule has 0 unspecified atom stereocenters. The quantitative estimate of drug-likeness (QED) is 0.735. The number of rotatable bonds is 7. The van der Waals surface area contributed by atoms with Gasteiger partial charge < -0.3 is 4.90 Å². The van der Waals surface area contributed by atoms with Crippen LogP contribution in [0.5, 0.6) is 0 Å². The first-order valence-electron chi connectivity index (χ1n) is 9.09. The molecule has 1 aliphatic rings. The van der Waals surface area contributed by atoms with Gasteiger partial charge >= 0.3 is 0 Å². The Bertz CT molecular complexity index is 900. The van der Waals surface area contributed by atoms with Crippen molar-refractivity contribution in [2.75, 3.05) is 32.7 Å². The molecule has 1 aromatic heterocycles. The van der Waals surface area contributed by atoms with Crippen molar-refractivity contribution < 1.29 is 13.2 Å². The van der Waals surface area contributed by atoms with Crippen molar-refractivity contribution in [3.63, 3.8) is 0 Å². The molecule has 0 radical (unpaired) electrons. The van der Waals surface area contributed by atoms with Crippen molar-refractivity contribution >= 4 is 27.5 Å². The van der Waals surface area contributed by atoms with Crippen molar-refractivity contribution in [1.29, 1.82) is 0 Å². The Balaban J connectivity index is 1.43. The number of hydrogen-bond acceptors (Lipinski definition) is 5.